The molecule has 0 aromatic heterocycles. The summed E-state index contributed by atoms with van der Waals surface area (Å²) in [6.45, 7) is 8.84. The molecule has 1 saturated heterocycles. The number of benzene rings is 2. The first-order chi connectivity index (χ1) is 15.5. The molecule has 184 valence electrons. The molecule has 2 N–H and O–H groups in total. The average molecular weight is 476 g/mol. The number of hydrogen-bond acceptors (Lipinski definition) is 9. The molecule has 3 rings (SSSR count). The smallest absolute Gasteiger partial charge is 0.324 e. The van der Waals surface area contributed by atoms with Gasteiger partial charge in [-0.25, -0.2) is 0 Å². The highest BCUT2D eigenvalue weighted by Gasteiger charge is 2.50. The van der Waals surface area contributed by atoms with Crippen LogP contribution in [0.2, 0.25) is 0 Å². The number of likely N-dealkylation sites (tertiary alicyclic amines) is 1. The van der Waals surface area contributed by atoms with E-state index in [1.807, 2.05) is 30.3 Å². The van der Waals surface area contributed by atoms with E-state index >= 15 is 0 Å². The molecule has 1 fully saturated rings. The molecule has 1 aliphatic rings. The van der Waals surface area contributed by atoms with Crippen molar-refractivity contribution in [3.8, 4) is 5.75 Å². The highest BCUT2D eigenvalue weighted by molar-refractivity contribution is 5.64. The van der Waals surface area contributed by atoms with Crippen molar-refractivity contribution in [3.05, 3.63) is 78.4 Å². The minimum absolute atomic E-state index is 0.00760. The molecule has 0 unspecified atom stereocenters. The molecular formula is C22H28N4O8. The molecule has 2 aromatic carbocycles. The fraction of sp³-hybridized carbons (Fsp3) is 0.455. The molecular weight excluding hydrogens is 448 g/mol. The standard InChI is InChI=1S/C16H25NO.C6H3N3O7/c1-14(2)11-16(18,12-15(3,4)17(14)5)13-9-7-6-8-10-13;10-6-4(8(13)14)1-3(7(11)12)2-5(6)9(15)16/h6-10,18H,11-12H2,1-5H3;1-2,10H. The first-order valence-electron chi connectivity index (χ1n) is 10.3. The zero-order chi connectivity index (χ0) is 26.1. The van der Waals surface area contributed by atoms with Crippen molar-refractivity contribution in [3.63, 3.8) is 0 Å². The second kappa shape index (κ2) is 9.31. The number of piperidine rings is 1. The Bertz CT molecular complexity index is 1050. The number of phenols is 1. The molecule has 0 radical (unpaired) electrons. The third-order valence-electron chi connectivity index (χ3n) is 6.24. The highest BCUT2D eigenvalue weighted by atomic mass is 16.6. The number of nitro benzene ring substituents is 3. The molecule has 1 heterocycles. The SMILES string of the molecule is CN1C(C)(C)CC(O)(c2ccccc2)CC1(C)C.O=[N+]([O-])c1cc([N+](=O)[O-])c(O)c([N+](=O)[O-])c1. The fourth-order valence-electron chi connectivity index (χ4n) is 4.48. The molecule has 0 atom stereocenters. The van der Waals surface area contributed by atoms with E-state index < -0.39 is 43.2 Å². The Balaban J connectivity index is 0.000000242. The molecule has 0 spiro atoms. The summed E-state index contributed by atoms with van der Waals surface area (Å²) < 4.78 is 0. The number of nitro groups is 3. The van der Waals surface area contributed by atoms with Gasteiger partial charge >= 0.3 is 11.4 Å². The summed E-state index contributed by atoms with van der Waals surface area (Å²) in [6.07, 6.45) is 1.54. The lowest BCUT2D eigenvalue weighted by molar-refractivity contribution is -0.404. The Morgan fingerprint density at radius 3 is 1.59 bits per heavy atom. The molecule has 2 aromatic rings. The molecule has 1 aliphatic heterocycles. The number of aromatic hydroxyl groups is 1. The van der Waals surface area contributed by atoms with Crippen molar-refractivity contribution in [1.82, 2.24) is 4.90 Å². The molecule has 0 amide bonds. The highest BCUT2D eigenvalue weighted by Crippen LogP contribution is 2.47. The molecule has 12 heteroatoms. The lowest BCUT2D eigenvalue weighted by Crippen LogP contribution is -2.62. The number of nitrogens with zero attached hydrogens (tertiary/aromatic N) is 4. The predicted molar refractivity (Wildman–Crippen MR) is 124 cm³/mol. The van der Waals surface area contributed by atoms with Crippen LogP contribution in [0.15, 0.2) is 42.5 Å². The first-order valence-corrected chi connectivity index (χ1v) is 10.3. The summed E-state index contributed by atoms with van der Waals surface area (Å²) in [5, 5.41) is 51.3. The van der Waals surface area contributed by atoms with E-state index in [1.54, 1.807) is 0 Å². The number of rotatable bonds is 4. The Kier molecular flexibility index (Phi) is 7.29. The minimum Gasteiger partial charge on any atom is -0.497 e. The van der Waals surface area contributed by atoms with Gasteiger partial charge in [0.05, 0.1) is 32.5 Å². The van der Waals surface area contributed by atoms with E-state index in [2.05, 4.69) is 39.6 Å². The Labute approximate surface area is 195 Å². The van der Waals surface area contributed by atoms with E-state index in [9.17, 15) is 35.4 Å². The summed E-state index contributed by atoms with van der Waals surface area (Å²) in [5.74, 6) is -1.21. The zero-order valence-corrected chi connectivity index (χ0v) is 19.6. The van der Waals surface area contributed by atoms with Gasteiger partial charge in [-0.3, -0.25) is 35.2 Å². The summed E-state index contributed by atoms with van der Waals surface area (Å²) in [7, 11) is 2.16. The molecule has 0 bridgehead atoms. The summed E-state index contributed by atoms with van der Waals surface area (Å²) in [4.78, 5) is 30.2. The van der Waals surface area contributed by atoms with E-state index in [1.165, 1.54) is 0 Å². The second-order valence-electron chi connectivity index (χ2n) is 9.54. The predicted octanol–water partition coefficient (Wildman–Crippen LogP) is 4.27. The van der Waals surface area contributed by atoms with Gasteiger partial charge in [-0.1, -0.05) is 30.3 Å². The van der Waals surface area contributed by atoms with Crippen LogP contribution < -0.4 is 0 Å². The fourth-order valence-corrected chi connectivity index (χ4v) is 4.48. The maximum absolute atomic E-state index is 11.1. The van der Waals surface area contributed by atoms with Crippen LogP contribution >= 0.6 is 0 Å². The van der Waals surface area contributed by atoms with Gasteiger partial charge < -0.3 is 10.2 Å². The molecule has 34 heavy (non-hydrogen) atoms. The van der Waals surface area contributed by atoms with Crippen molar-refractivity contribution in [1.29, 1.82) is 0 Å². The van der Waals surface area contributed by atoms with Crippen LogP contribution in [-0.4, -0.2) is 48.0 Å². The maximum atomic E-state index is 11.1. The molecule has 0 saturated carbocycles. The quantitative estimate of drug-likeness (QED) is 0.482. The third-order valence-corrected chi connectivity index (χ3v) is 6.24. The number of hydrogen-bond donors (Lipinski definition) is 2. The van der Waals surface area contributed by atoms with Crippen molar-refractivity contribution >= 4 is 17.1 Å². The second-order valence-corrected chi connectivity index (χ2v) is 9.54. The van der Waals surface area contributed by atoms with Crippen LogP contribution in [0.1, 0.15) is 46.1 Å². The van der Waals surface area contributed by atoms with Crippen molar-refractivity contribution in [2.45, 2.75) is 57.2 Å². The minimum atomic E-state index is -1.21. The lowest BCUT2D eigenvalue weighted by Gasteiger charge is -2.56. The zero-order valence-electron chi connectivity index (χ0n) is 19.6. The largest absolute Gasteiger partial charge is 0.497 e. The van der Waals surface area contributed by atoms with Gasteiger partial charge in [0.1, 0.15) is 0 Å². The summed E-state index contributed by atoms with van der Waals surface area (Å²) >= 11 is 0. The monoisotopic (exact) mass is 476 g/mol. The van der Waals surface area contributed by atoms with Crippen LogP contribution in [0, 0.1) is 30.3 Å². The van der Waals surface area contributed by atoms with Crippen LogP contribution in [-0.2, 0) is 5.60 Å². The van der Waals surface area contributed by atoms with Gasteiger partial charge in [0.2, 0.25) is 0 Å². The maximum Gasteiger partial charge on any atom is 0.324 e. The van der Waals surface area contributed by atoms with Crippen LogP contribution in [0.4, 0.5) is 17.1 Å². The number of phenolic OH excluding ortho intramolecular Hbond substituents is 1. The number of aliphatic hydroxyl groups is 1. The van der Waals surface area contributed by atoms with Gasteiger partial charge in [0.25, 0.3) is 11.4 Å². The van der Waals surface area contributed by atoms with Gasteiger partial charge in [-0.2, -0.15) is 0 Å². The van der Waals surface area contributed by atoms with Gasteiger partial charge in [0.15, 0.2) is 0 Å². The third kappa shape index (κ3) is 5.46. The van der Waals surface area contributed by atoms with E-state index in [0.29, 0.717) is 12.1 Å². The topological polar surface area (TPSA) is 173 Å². The van der Waals surface area contributed by atoms with Crippen LogP contribution in [0.25, 0.3) is 0 Å². The normalized spacial score (nSPS) is 18.3. The number of non-ortho nitro benzene ring substituents is 1. The molecule has 12 nitrogen and oxygen atoms in total. The summed E-state index contributed by atoms with van der Waals surface area (Å²) in [5.41, 5.74) is -2.70. The van der Waals surface area contributed by atoms with E-state index in [0.717, 1.165) is 18.4 Å². The first kappa shape index (κ1) is 26.6. The Hall–Kier alpha value is -3.64. The average Bonchev–Trinajstić information content (AvgIpc) is 2.72. The summed E-state index contributed by atoms with van der Waals surface area (Å²) in [6, 6.07) is 11.0. The van der Waals surface area contributed by atoms with Crippen molar-refractivity contribution in [2.75, 3.05) is 7.05 Å². The molecule has 0 aliphatic carbocycles. The van der Waals surface area contributed by atoms with Crippen LogP contribution in [0.5, 0.6) is 5.75 Å². The Morgan fingerprint density at radius 1 is 0.824 bits per heavy atom. The van der Waals surface area contributed by atoms with E-state index in [-0.39, 0.29) is 11.1 Å². The van der Waals surface area contributed by atoms with Crippen LogP contribution in [0.3, 0.4) is 0 Å². The van der Waals surface area contributed by atoms with Crippen molar-refractivity contribution < 1.29 is 25.0 Å². The van der Waals surface area contributed by atoms with Gasteiger partial charge in [-0.15, -0.1) is 0 Å². The lowest BCUT2D eigenvalue weighted by atomic mass is 9.68. The Morgan fingerprint density at radius 2 is 1.24 bits per heavy atom. The van der Waals surface area contributed by atoms with Gasteiger partial charge in [0, 0.05) is 11.1 Å². The van der Waals surface area contributed by atoms with Gasteiger partial charge in [-0.05, 0) is 53.1 Å². The van der Waals surface area contributed by atoms with Crippen molar-refractivity contribution in [2.24, 2.45) is 0 Å². The van der Waals surface area contributed by atoms with E-state index in [4.69, 9.17) is 5.11 Å².